The van der Waals surface area contributed by atoms with Crippen molar-refractivity contribution >= 4 is 5.65 Å². The van der Waals surface area contributed by atoms with Crippen molar-refractivity contribution in [1.29, 1.82) is 0 Å². The minimum absolute atomic E-state index is 0.127. The summed E-state index contributed by atoms with van der Waals surface area (Å²) in [7, 11) is 0. The van der Waals surface area contributed by atoms with Gasteiger partial charge >= 0.3 is 0 Å². The van der Waals surface area contributed by atoms with Gasteiger partial charge < -0.3 is 9.51 Å². The first-order valence-electron chi connectivity index (χ1n) is 8.05. The number of benzene rings is 1. The summed E-state index contributed by atoms with van der Waals surface area (Å²) in [5, 5.41) is 10.2. The van der Waals surface area contributed by atoms with Gasteiger partial charge in [-0.2, -0.15) is 0 Å². The average molecular weight is 308 g/mol. The predicted octanol–water partition coefficient (Wildman–Crippen LogP) is 4.66. The fourth-order valence-corrected chi connectivity index (χ4v) is 2.91. The van der Waals surface area contributed by atoms with E-state index in [1.807, 2.05) is 22.7 Å². The SMILES string of the molecule is Cc1ccn2c(C(C)O)c(-c3ccc(C(C)(C)C)cc3)nc2c1. The Balaban J connectivity index is 2.17. The Kier molecular flexibility index (Phi) is 3.77. The van der Waals surface area contributed by atoms with E-state index in [2.05, 4.69) is 52.0 Å². The third-order valence-electron chi connectivity index (χ3n) is 4.24. The summed E-state index contributed by atoms with van der Waals surface area (Å²) in [6, 6.07) is 12.6. The minimum atomic E-state index is -0.579. The van der Waals surface area contributed by atoms with Gasteiger partial charge in [0, 0.05) is 11.8 Å². The highest BCUT2D eigenvalue weighted by Gasteiger charge is 2.19. The number of imidazole rings is 1. The molecule has 3 aromatic rings. The Morgan fingerprint density at radius 1 is 1.09 bits per heavy atom. The Morgan fingerprint density at radius 2 is 1.74 bits per heavy atom. The molecule has 2 aromatic heterocycles. The Bertz CT molecular complexity index is 836. The molecular weight excluding hydrogens is 284 g/mol. The number of aliphatic hydroxyl groups is 1. The van der Waals surface area contributed by atoms with Crippen LogP contribution in [0.1, 0.15) is 50.6 Å². The van der Waals surface area contributed by atoms with Crippen molar-refractivity contribution in [3.8, 4) is 11.3 Å². The van der Waals surface area contributed by atoms with Crippen molar-refractivity contribution in [2.75, 3.05) is 0 Å². The summed E-state index contributed by atoms with van der Waals surface area (Å²) in [6.07, 6.45) is 1.40. The maximum Gasteiger partial charge on any atom is 0.138 e. The highest BCUT2D eigenvalue weighted by molar-refractivity contribution is 5.67. The van der Waals surface area contributed by atoms with E-state index in [9.17, 15) is 5.11 Å². The molecule has 0 fully saturated rings. The number of aliphatic hydroxyl groups excluding tert-OH is 1. The normalized spacial score (nSPS) is 13.5. The van der Waals surface area contributed by atoms with Crippen LogP contribution < -0.4 is 0 Å². The Hall–Kier alpha value is -2.13. The van der Waals surface area contributed by atoms with E-state index in [0.717, 1.165) is 28.2 Å². The molecule has 0 aliphatic heterocycles. The van der Waals surface area contributed by atoms with E-state index in [1.165, 1.54) is 5.56 Å². The molecule has 3 rings (SSSR count). The highest BCUT2D eigenvalue weighted by Crippen LogP contribution is 2.31. The first kappa shape index (κ1) is 15.8. The van der Waals surface area contributed by atoms with Crippen molar-refractivity contribution < 1.29 is 5.11 Å². The maximum atomic E-state index is 10.2. The second-order valence-corrected chi connectivity index (χ2v) is 7.28. The van der Waals surface area contributed by atoms with E-state index in [1.54, 1.807) is 6.92 Å². The van der Waals surface area contributed by atoms with Crippen LogP contribution in [0.25, 0.3) is 16.9 Å². The van der Waals surface area contributed by atoms with E-state index in [0.29, 0.717) is 0 Å². The molecule has 0 saturated carbocycles. The molecule has 2 heterocycles. The molecular formula is C20H24N2O. The average Bonchev–Trinajstić information content (AvgIpc) is 2.85. The monoisotopic (exact) mass is 308 g/mol. The molecule has 0 bridgehead atoms. The Morgan fingerprint density at radius 3 is 2.30 bits per heavy atom. The lowest BCUT2D eigenvalue weighted by Gasteiger charge is -2.19. The summed E-state index contributed by atoms with van der Waals surface area (Å²) in [5.74, 6) is 0. The third-order valence-corrected chi connectivity index (χ3v) is 4.24. The lowest BCUT2D eigenvalue weighted by atomic mass is 9.86. The van der Waals surface area contributed by atoms with Gasteiger partial charge in [-0.25, -0.2) is 4.98 Å². The molecule has 0 amide bonds. The molecule has 1 unspecified atom stereocenters. The largest absolute Gasteiger partial charge is 0.387 e. The molecule has 1 atom stereocenters. The van der Waals surface area contributed by atoms with Crippen LogP contribution in [0.4, 0.5) is 0 Å². The quantitative estimate of drug-likeness (QED) is 0.747. The topological polar surface area (TPSA) is 37.5 Å². The van der Waals surface area contributed by atoms with E-state index < -0.39 is 6.10 Å². The molecule has 23 heavy (non-hydrogen) atoms. The van der Waals surface area contributed by atoms with E-state index >= 15 is 0 Å². The van der Waals surface area contributed by atoms with Gasteiger partial charge in [-0.1, -0.05) is 45.0 Å². The first-order valence-corrected chi connectivity index (χ1v) is 8.05. The van der Waals surface area contributed by atoms with E-state index in [-0.39, 0.29) is 5.41 Å². The van der Waals surface area contributed by atoms with Crippen LogP contribution in [0.3, 0.4) is 0 Å². The molecule has 1 aromatic carbocycles. The van der Waals surface area contributed by atoms with Crippen molar-refractivity contribution in [3.63, 3.8) is 0 Å². The van der Waals surface area contributed by atoms with Gasteiger partial charge in [0.2, 0.25) is 0 Å². The van der Waals surface area contributed by atoms with Gasteiger partial charge in [0.15, 0.2) is 0 Å². The molecule has 120 valence electrons. The minimum Gasteiger partial charge on any atom is -0.387 e. The van der Waals surface area contributed by atoms with Crippen LogP contribution >= 0.6 is 0 Å². The van der Waals surface area contributed by atoms with Crippen molar-refractivity contribution in [2.24, 2.45) is 0 Å². The maximum absolute atomic E-state index is 10.2. The fraction of sp³-hybridized carbons (Fsp3) is 0.350. The van der Waals surface area contributed by atoms with Gasteiger partial charge in [0.25, 0.3) is 0 Å². The molecule has 3 heteroatoms. The molecule has 0 aliphatic carbocycles. The van der Waals surface area contributed by atoms with Crippen LogP contribution in [0, 0.1) is 6.92 Å². The van der Waals surface area contributed by atoms with Crippen LogP contribution in [0.15, 0.2) is 42.6 Å². The zero-order chi connectivity index (χ0) is 16.8. The van der Waals surface area contributed by atoms with Crippen molar-refractivity contribution in [2.45, 2.75) is 46.1 Å². The molecule has 0 radical (unpaired) electrons. The summed E-state index contributed by atoms with van der Waals surface area (Å²) >= 11 is 0. The second-order valence-electron chi connectivity index (χ2n) is 7.28. The zero-order valence-corrected chi connectivity index (χ0v) is 14.5. The summed E-state index contributed by atoms with van der Waals surface area (Å²) < 4.78 is 1.98. The predicted molar refractivity (Wildman–Crippen MR) is 94.7 cm³/mol. The number of fused-ring (bicyclic) bond motifs is 1. The summed E-state index contributed by atoms with van der Waals surface area (Å²) in [4.78, 5) is 4.76. The van der Waals surface area contributed by atoms with Crippen LogP contribution in [0.5, 0.6) is 0 Å². The van der Waals surface area contributed by atoms with Gasteiger partial charge in [-0.3, -0.25) is 0 Å². The molecule has 0 aliphatic rings. The molecule has 3 nitrogen and oxygen atoms in total. The number of hydrogen-bond donors (Lipinski definition) is 1. The standard InChI is InChI=1S/C20H24N2O/c1-13-10-11-22-17(12-13)21-18(19(22)14(2)23)15-6-8-16(9-7-15)20(3,4)5/h6-12,14,23H,1-5H3. The number of aryl methyl sites for hydroxylation is 1. The zero-order valence-electron chi connectivity index (χ0n) is 14.5. The third kappa shape index (κ3) is 2.89. The fourth-order valence-electron chi connectivity index (χ4n) is 2.91. The number of aromatic nitrogens is 2. The van der Waals surface area contributed by atoms with Crippen LogP contribution in [0.2, 0.25) is 0 Å². The van der Waals surface area contributed by atoms with E-state index in [4.69, 9.17) is 4.98 Å². The summed E-state index contributed by atoms with van der Waals surface area (Å²) in [5.41, 5.74) is 6.18. The van der Waals surface area contributed by atoms with Crippen molar-refractivity contribution in [1.82, 2.24) is 9.38 Å². The smallest absolute Gasteiger partial charge is 0.138 e. The lowest BCUT2D eigenvalue weighted by molar-refractivity contribution is 0.194. The second kappa shape index (κ2) is 5.50. The van der Waals surface area contributed by atoms with Gasteiger partial charge in [0.05, 0.1) is 17.5 Å². The molecule has 0 saturated heterocycles. The number of hydrogen-bond acceptors (Lipinski definition) is 2. The van der Waals surface area contributed by atoms with Gasteiger partial charge in [-0.15, -0.1) is 0 Å². The molecule has 0 spiro atoms. The first-order chi connectivity index (χ1) is 10.8. The molecule has 1 N–H and O–H groups in total. The van der Waals surface area contributed by atoms with Crippen LogP contribution in [-0.2, 0) is 5.41 Å². The number of rotatable bonds is 2. The highest BCUT2D eigenvalue weighted by atomic mass is 16.3. The number of nitrogens with zero attached hydrogens (tertiary/aromatic N) is 2. The summed E-state index contributed by atoms with van der Waals surface area (Å²) in [6.45, 7) is 10.5. The van der Waals surface area contributed by atoms with Gasteiger partial charge in [-0.05, 0) is 42.5 Å². The van der Waals surface area contributed by atoms with Crippen LogP contribution in [-0.4, -0.2) is 14.5 Å². The van der Waals surface area contributed by atoms with Gasteiger partial charge in [0.1, 0.15) is 5.65 Å². The van der Waals surface area contributed by atoms with Crippen molar-refractivity contribution in [3.05, 3.63) is 59.4 Å². The Labute approximate surface area is 137 Å². The number of pyridine rings is 1. The lowest BCUT2D eigenvalue weighted by Crippen LogP contribution is -2.10.